The summed E-state index contributed by atoms with van der Waals surface area (Å²) in [6.07, 6.45) is 1.78. The van der Waals surface area contributed by atoms with Gasteiger partial charge in [-0.15, -0.1) is 0 Å². The quantitative estimate of drug-likeness (QED) is 0.333. The molecule has 31 heavy (non-hydrogen) atoms. The lowest BCUT2D eigenvalue weighted by Gasteiger charge is -2.19. The second-order valence-electron chi connectivity index (χ2n) is 6.87. The summed E-state index contributed by atoms with van der Waals surface area (Å²) < 4.78 is 34.2. The van der Waals surface area contributed by atoms with E-state index < -0.39 is 21.0 Å². The Morgan fingerprint density at radius 1 is 1.00 bits per heavy atom. The van der Waals surface area contributed by atoms with Gasteiger partial charge in [0.15, 0.2) is 0 Å². The molecule has 1 aromatic heterocycles. The second kappa shape index (κ2) is 8.21. The highest BCUT2D eigenvalue weighted by Crippen LogP contribution is 2.31. The molecule has 0 aliphatic carbocycles. The Balaban J connectivity index is 1.77. The lowest BCUT2D eigenvalue weighted by molar-refractivity contribution is -0.384. The third-order valence-electron chi connectivity index (χ3n) is 5.01. The molecule has 0 aliphatic rings. The molecule has 0 spiro atoms. The molecule has 4 aromatic rings. The lowest BCUT2D eigenvalue weighted by atomic mass is 9.99. The van der Waals surface area contributed by atoms with Crippen LogP contribution >= 0.6 is 0 Å². The Hall–Kier alpha value is -3.69. The zero-order chi connectivity index (χ0) is 22.0. The van der Waals surface area contributed by atoms with Gasteiger partial charge >= 0.3 is 0 Å². The number of methoxy groups -OCH3 is 1. The van der Waals surface area contributed by atoms with Crippen LogP contribution in [-0.2, 0) is 10.0 Å². The standard InChI is InChI=1S/C22H19N3O5S/c1-30-17-10-6-15(7-11-17)22(20-14-23-21-5-3-2-4-19(20)21)24-31(28,29)18-12-8-16(9-13-18)25(26)27/h2-14,22-24H,1H3/t22-/m0/s1. The van der Waals surface area contributed by atoms with Crippen LogP contribution in [0, 0.1) is 10.1 Å². The van der Waals surface area contributed by atoms with Gasteiger partial charge in [0.1, 0.15) is 5.75 Å². The van der Waals surface area contributed by atoms with Gasteiger partial charge in [-0.05, 0) is 41.5 Å². The first-order valence-electron chi connectivity index (χ1n) is 9.36. The maximum atomic E-state index is 13.1. The van der Waals surface area contributed by atoms with Crippen LogP contribution < -0.4 is 9.46 Å². The van der Waals surface area contributed by atoms with Crippen LogP contribution in [-0.4, -0.2) is 25.4 Å². The number of nitrogens with zero attached hydrogens (tertiary/aromatic N) is 1. The normalized spacial score (nSPS) is 12.5. The highest BCUT2D eigenvalue weighted by molar-refractivity contribution is 7.89. The molecule has 9 heteroatoms. The van der Waals surface area contributed by atoms with Crippen molar-refractivity contribution in [3.8, 4) is 5.75 Å². The van der Waals surface area contributed by atoms with Crippen molar-refractivity contribution in [2.45, 2.75) is 10.9 Å². The number of nitro benzene ring substituents is 1. The number of ether oxygens (including phenoxy) is 1. The van der Waals surface area contributed by atoms with Crippen LogP contribution in [0.2, 0.25) is 0 Å². The van der Waals surface area contributed by atoms with Crippen molar-refractivity contribution in [2.24, 2.45) is 0 Å². The maximum Gasteiger partial charge on any atom is 0.269 e. The number of non-ortho nitro benzene ring substituents is 1. The monoisotopic (exact) mass is 437 g/mol. The summed E-state index contributed by atoms with van der Waals surface area (Å²) in [5, 5.41) is 11.8. The number of sulfonamides is 1. The number of nitrogens with one attached hydrogen (secondary N) is 2. The molecular weight excluding hydrogens is 418 g/mol. The van der Waals surface area contributed by atoms with Crippen molar-refractivity contribution in [1.82, 2.24) is 9.71 Å². The Morgan fingerprint density at radius 2 is 1.68 bits per heavy atom. The van der Waals surface area contributed by atoms with E-state index >= 15 is 0 Å². The number of aromatic amines is 1. The SMILES string of the molecule is COc1ccc([C@H](NS(=O)(=O)c2ccc([N+](=O)[O-])cc2)c2c[nH]c3ccccc23)cc1. The smallest absolute Gasteiger partial charge is 0.269 e. The Kier molecular flexibility index (Phi) is 5.45. The number of benzene rings is 3. The molecule has 0 aliphatic heterocycles. The highest BCUT2D eigenvalue weighted by Gasteiger charge is 2.25. The van der Waals surface area contributed by atoms with Crippen LogP contribution in [0.5, 0.6) is 5.75 Å². The van der Waals surface area contributed by atoms with Crippen molar-refractivity contribution in [2.75, 3.05) is 7.11 Å². The van der Waals surface area contributed by atoms with Crippen molar-refractivity contribution >= 4 is 26.6 Å². The molecule has 0 amide bonds. The molecule has 8 nitrogen and oxygen atoms in total. The summed E-state index contributed by atoms with van der Waals surface area (Å²) in [5.74, 6) is 0.652. The van der Waals surface area contributed by atoms with Crippen molar-refractivity contribution in [3.63, 3.8) is 0 Å². The molecule has 0 radical (unpaired) electrons. The van der Waals surface area contributed by atoms with E-state index in [0.717, 1.165) is 22.0 Å². The van der Waals surface area contributed by atoms with Crippen LogP contribution in [0.25, 0.3) is 10.9 Å². The molecule has 0 saturated carbocycles. The molecular formula is C22H19N3O5S. The number of nitro groups is 1. The van der Waals surface area contributed by atoms with Gasteiger partial charge in [0.05, 0.1) is 23.0 Å². The summed E-state index contributed by atoms with van der Waals surface area (Å²) in [6.45, 7) is 0. The first-order chi connectivity index (χ1) is 14.9. The Labute approximate surface area is 178 Å². The predicted molar refractivity (Wildman–Crippen MR) is 117 cm³/mol. The van der Waals surface area contributed by atoms with Crippen LogP contribution in [0.4, 0.5) is 5.69 Å². The fraction of sp³-hybridized carbons (Fsp3) is 0.0909. The molecule has 0 bridgehead atoms. The zero-order valence-electron chi connectivity index (χ0n) is 16.5. The van der Waals surface area contributed by atoms with Crippen molar-refractivity contribution in [1.29, 1.82) is 0 Å². The average Bonchev–Trinajstić information content (AvgIpc) is 3.22. The number of hydrogen-bond acceptors (Lipinski definition) is 5. The molecule has 3 aromatic carbocycles. The molecule has 0 fully saturated rings. The first-order valence-corrected chi connectivity index (χ1v) is 10.8. The molecule has 1 atom stereocenters. The molecule has 158 valence electrons. The molecule has 0 unspecified atom stereocenters. The van der Waals surface area contributed by atoms with E-state index in [9.17, 15) is 18.5 Å². The van der Waals surface area contributed by atoms with Crippen molar-refractivity contribution < 1.29 is 18.1 Å². The summed E-state index contributed by atoms with van der Waals surface area (Å²) in [5.41, 5.74) is 2.18. The highest BCUT2D eigenvalue weighted by atomic mass is 32.2. The Bertz CT molecular complexity index is 1330. The lowest BCUT2D eigenvalue weighted by Crippen LogP contribution is -2.29. The summed E-state index contributed by atoms with van der Waals surface area (Å²) in [6, 6.07) is 18.8. The van der Waals surface area contributed by atoms with E-state index in [-0.39, 0.29) is 10.6 Å². The van der Waals surface area contributed by atoms with Gasteiger partial charge in [-0.1, -0.05) is 30.3 Å². The second-order valence-corrected chi connectivity index (χ2v) is 8.58. The van der Waals surface area contributed by atoms with Crippen LogP contribution in [0.1, 0.15) is 17.2 Å². The third-order valence-corrected chi connectivity index (χ3v) is 6.45. The summed E-state index contributed by atoms with van der Waals surface area (Å²) >= 11 is 0. The van der Waals surface area contributed by atoms with Gasteiger partial charge in [-0.25, -0.2) is 8.42 Å². The minimum atomic E-state index is -3.98. The van der Waals surface area contributed by atoms with Crippen molar-refractivity contribution in [3.05, 3.63) is 100 Å². The summed E-state index contributed by atoms with van der Waals surface area (Å²) in [4.78, 5) is 13.4. The number of para-hydroxylation sites is 1. The van der Waals surface area contributed by atoms with Gasteiger partial charge in [-0.2, -0.15) is 4.72 Å². The Morgan fingerprint density at radius 3 is 2.32 bits per heavy atom. The molecule has 2 N–H and O–H groups in total. The minimum absolute atomic E-state index is 0.0588. The fourth-order valence-corrected chi connectivity index (χ4v) is 4.61. The fourth-order valence-electron chi connectivity index (χ4n) is 3.41. The zero-order valence-corrected chi connectivity index (χ0v) is 17.3. The maximum absolute atomic E-state index is 13.1. The largest absolute Gasteiger partial charge is 0.497 e. The van der Waals surface area contributed by atoms with E-state index in [0.29, 0.717) is 5.75 Å². The minimum Gasteiger partial charge on any atom is -0.497 e. The van der Waals surface area contributed by atoms with Gasteiger partial charge in [0.2, 0.25) is 10.0 Å². The van der Waals surface area contributed by atoms with Gasteiger partial charge < -0.3 is 9.72 Å². The third kappa shape index (κ3) is 4.14. The van der Waals surface area contributed by atoms with E-state index in [2.05, 4.69) is 9.71 Å². The van der Waals surface area contributed by atoms with E-state index in [1.54, 1.807) is 37.6 Å². The molecule has 4 rings (SSSR count). The number of aromatic nitrogens is 1. The summed E-state index contributed by atoms with van der Waals surface area (Å²) in [7, 11) is -2.42. The van der Waals surface area contributed by atoms with E-state index in [1.807, 2.05) is 24.3 Å². The molecule has 0 saturated heterocycles. The topological polar surface area (TPSA) is 114 Å². The number of fused-ring (bicyclic) bond motifs is 1. The van der Waals surface area contributed by atoms with Gasteiger partial charge in [0, 0.05) is 29.2 Å². The average molecular weight is 437 g/mol. The number of rotatable bonds is 7. The predicted octanol–water partition coefficient (Wildman–Crippen LogP) is 4.15. The van der Waals surface area contributed by atoms with Gasteiger partial charge in [-0.3, -0.25) is 10.1 Å². The van der Waals surface area contributed by atoms with E-state index in [4.69, 9.17) is 4.74 Å². The number of H-pyrrole nitrogens is 1. The molecule has 1 heterocycles. The van der Waals surface area contributed by atoms with E-state index in [1.165, 1.54) is 24.3 Å². The number of hydrogen-bond donors (Lipinski definition) is 2. The first kappa shape index (κ1) is 20.6. The van der Waals surface area contributed by atoms with Crippen LogP contribution in [0.3, 0.4) is 0 Å². The van der Waals surface area contributed by atoms with Gasteiger partial charge in [0.25, 0.3) is 5.69 Å². The van der Waals surface area contributed by atoms with Crippen LogP contribution in [0.15, 0.2) is 83.9 Å².